The molecule has 5 heteroatoms. The first kappa shape index (κ1) is 13.8. The molecule has 3 rings (SSSR count). The van der Waals surface area contributed by atoms with Gasteiger partial charge in [0.1, 0.15) is 5.60 Å². The quantitative estimate of drug-likeness (QED) is 0.552. The Morgan fingerprint density at radius 2 is 1.86 bits per heavy atom. The number of benzene rings is 1. The number of pyridine rings is 1. The van der Waals surface area contributed by atoms with Gasteiger partial charge in [-0.15, -0.1) is 0 Å². The largest absolute Gasteiger partial charge is 0.379 e. The number of aliphatic hydroxyl groups excluding tert-OH is 1. The second kappa shape index (κ2) is 4.96. The Balaban J connectivity index is 2.15. The van der Waals surface area contributed by atoms with Crippen LogP contribution in [0, 0.1) is 0 Å². The van der Waals surface area contributed by atoms with Crippen molar-refractivity contribution in [2.24, 2.45) is 0 Å². The zero-order valence-corrected chi connectivity index (χ0v) is 11.5. The molecule has 3 aromatic rings. The molecule has 0 saturated carbocycles. The molecule has 0 aliphatic carbocycles. The molecule has 0 amide bonds. The molecule has 0 aliphatic rings. The molecule has 0 spiro atoms. The molecule has 108 valence electrons. The van der Waals surface area contributed by atoms with Crippen LogP contribution in [-0.2, 0) is 5.60 Å². The van der Waals surface area contributed by atoms with Crippen LogP contribution in [0.2, 0.25) is 0 Å². The fraction of sp³-hybridized carbons (Fsp3) is 0.188. The van der Waals surface area contributed by atoms with E-state index in [1.807, 2.05) is 30.3 Å². The number of H-pyrrole nitrogens is 1. The topological polar surface area (TPSA) is 89.4 Å². The normalized spacial score (nSPS) is 14.5. The fourth-order valence-electron chi connectivity index (χ4n) is 2.44. The van der Waals surface area contributed by atoms with E-state index in [2.05, 4.69) is 9.97 Å². The number of hydrogen-bond acceptors (Lipinski definition) is 4. The number of fused-ring (bicyclic) bond motifs is 1. The minimum absolute atomic E-state index is 0.329. The van der Waals surface area contributed by atoms with Crippen molar-refractivity contribution in [3.63, 3.8) is 0 Å². The summed E-state index contributed by atoms with van der Waals surface area (Å²) in [7, 11) is 0. The molecular formula is C16H16N2O3. The summed E-state index contributed by atoms with van der Waals surface area (Å²) >= 11 is 0. The number of aromatic nitrogens is 2. The SMILES string of the molecule is CC(O)(c1ccccc1)c1cc2nccc(C(O)O)c2[nH]1. The molecule has 21 heavy (non-hydrogen) atoms. The van der Waals surface area contributed by atoms with Crippen molar-refractivity contribution in [3.8, 4) is 0 Å². The monoisotopic (exact) mass is 284 g/mol. The van der Waals surface area contributed by atoms with E-state index in [4.69, 9.17) is 0 Å². The number of nitrogens with one attached hydrogen (secondary N) is 1. The molecule has 5 nitrogen and oxygen atoms in total. The summed E-state index contributed by atoms with van der Waals surface area (Å²) in [5.74, 6) is 0. The van der Waals surface area contributed by atoms with Gasteiger partial charge in [0, 0.05) is 11.8 Å². The summed E-state index contributed by atoms with van der Waals surface area (Å²) in [5, 5.41) is 29.6. The summed E-state index contributed by atoms with van der Waals surface area (Å²) in [5.41, 5.74) is 1.48. The van der Waals surface area contributed by atoms with E-state index < -0.39 is 11.9 Å². The zero-order valence-electron chi connectivity index (χ0n) is 11.5. The Hall–Kier alpha value is -2.21. The number of aliphatic hydroxyl groups is 3. The highest BCUT2D eigenvalue weighted by atomic mass is 16.5. The predicted octanol–water partition coefficient (Wildman–Crippen LogP) is 1.80. The van der Waals surface area contributed by atoms with Gasteiger partial charge in [-0.1, -0.05) is 30.3 Å². The van der Waals surface area contributed by atoms with E-state index in [1.54, 1.807) is 13.0 Å². The zero-order chi connectivity index (χ0) is 15.0. The molecule has 0 radical (unpaired) electrons. The van der Waals surface area contributed by atoms with E-state index in [9.17, 15) is 15.3 Å². The molecule has 0 fully saturated rings. The van der Waals surface area contributed by atoms with Crippen LogP contribution in [0.15, 0.2) is 48.7 Å². The number of nitrogens with zero attached hydrogens (tertiary/aromatic N) is 1. The van der Waals surface area contributed by atoms with Gasteiger partial charge in [-0.3, -0.25) is 4.98 Å². The van der Waals surface area contributed by atoms with Crippen molar-refractivity contribution in [3.05, 3.63) is 65.5 Å². The Bertz CT molecular complexity index is 764. The van der Waals surface area contributed by atoms with Gasteiger partial charge in [0.15, 0.2) is 6.29 Å². The van der Waals surface area contributed by atoms with E-state index in [-0.39, 0.29) is 0 Å². The summed E-state index contributed by atoms with van der Waals surface area (Å²) in [6.07, 6.45) is -0.0879. The van der Waals surface area contributed by atoms with Gasteiger partial charge < -0.3 is 20.3 Å². The van der Waals surface area contributed by atoms with E-state index in [1.165, 1.54) is 12.3 Å². The maximum Gasteiger partial charge on any atom is 0.180 e. The van der Waals surface area contributed by atoms with Crippen LogP contribution in [0.4, 0.5) is 0 Å². The van der Waals surface area contributed by atoms with Crippen molar-refractivity contribution < 1.29 is 15.3 Å². The van der Waals surface area contributed by atoms with Crippen LogP contribution in [0.5, 0.6) is 0 Å². The maximum absolute atomic E-state index is 10.8. The van der Waals surface area contributed by atoms with Crippen LogP contribution in [-0.4, -0.2) is 25.3 Å². The molecule has 2 heterocycles. The lowest BCUT2D eigenvalue weighted by molar-refractivity contribution is -0.0414. The second-order valence-corrected chi connectivity index (χ2v) is 5.16. The van der Waals surface area contributed by atoms with Crippen LogP contribution in [0.25, 0.3) is 11.0 Å². The summed E-state index contributed by atoms with van der Waals surface area (Å²) in [6, 6.07) is 12.5. The molecule has 1 aromatic carbocycles. The van der Waals surface area contributed by atoms with E-state index in [0.29, 0.717) is 22.3 Å². The standard InChI is InChI=1S/C16H16N2O3/c1-16(21,10-5-3-2-4-6-10)13-9-12-14(18-13)11(15(19)20)7-8-17-12/h2-9,15,18-21H,1H3. The van der Waals surface area contributed by atoms with Gasteiger partial charge in [-0.05, 0) is 24.6 Å². The lowest BCUT2D eigenvalue weighted by Gasteiger charge is -2.22. The van der Waals surface area contributed by atoms with Gasteiger partial charge in [0.2, 0.25) is 0 Å². The van der Waals surface area contributed by atoms with E-state index >= 15 is 0 Å². The maximum atomic E-state index is 10.8. The molecule has 1 unspecified atom stereocenters. The lowest BCUT2D eigenvalue weighted by atomic mass is 9.93. The number of hydrogen-bond donors (Lipinski definition) is 4. The van der Waals surface area contributed by atoms with Crippen LogP contribution in [0.1, 0.15) is 30.0 Å². The third-order valence-corrected chi connectivity index (χ3v) is 3.69. The molecule has 1 atom stereocenters. The lowest BCUT2D eigenvalue weighted by Crippen LogP contribution is -2.23. The summed E-state index contributed by atoms with van der Waals surface area (Å²) < 4.78 is 0. The van der Waals surface area contributed by atoms with Crippen molar-refractivity contribution in [1.82, 2.24) is 9.97 Å². The van der Waals surface area contributed by atoms with Crippen LogP contribution in [0.3, 0.4) is 0 Å². The van der Waals surface area contributed by atoms with Gasteiger partial charge >= 0.3 is 0 Å². The van der Waals surface area contributed by atoms with Gasteiger partial charge in [-0.2, -0.15) is 0 Å². The second-order valence-electron chi connectivity index (χ2n) is 5.16. The van der Waals surface area contributed by atoms with Crippen LogP contribution >= 0.6 is 0 Å². The van der Waals surface area contributed by atoms with Gasteiger partial charge in [0.05, 0.1) is 16.7 Å². The number of rotatable bonds is 3. The highest BCUT2D eigenvalue weighted by Crippen LogP contribution is 2.31. The third-order valence-electron chi connectivity index (χ3n) is 3.69. The van der Waals surface area contributed by atoms with Gasteiger partial charge in [-0.25, -0.2) is 0 Å². The van der Waals surface area contributed by atoms with Crippen molar-refractivity contribution >= 4 is 11.0 Å². The average Bonchev–Trinajstić information content (AvgIpc) is 2.92. The minimum Gasteiger partial charge on any atom is -0.379 e. The first-order valence-corrected chi connectivity index (χ1v) is 6.62. The van der Waals surface area contributed by atoms with Crippen molar-refractivity contribution in [2.75, 3.05) is 0 Å². The van der Waals surface area contributed by atoms with Crippen molar-refractivity contribution in [2.45, 2.75) is 18.8 Å². The van der Waals surface area contributed by atoms with Gasteiger partial charge in [0.25, 0.3) is 0 Å². The van der Waals surface area contributed by atoms with Crippen molar-refractivity contribution in [1.29, 1.82) is 0 Å². The predicted molar refractivity (Wildman–Crippen MR) is 78.4 cm³/mol. The molecule has 2 aromatic heterocycles. The highest BCUT2D eigenvalue weighted by Gasteiger charge is 2.28. The van der Waals surface area contributed by atoms with E-state index in [0.717, 1.165) is 5.56 Å². The molecular weight excluding hydrogens is 268 g/mol. The Morgan fingerprint density at radius 3 is 2.52 bits per heavy atom. The first-order chi connectivity index (χ1) is 10.00. The van der Waals surface area contributed by atoms with Crippen LogP contribution < -0.4 is 0 Å². The molecule has 0 saturated heterocycles. The smallest absolute Gasteiger partial charge is 0.180 e. The minimum atomic E-state index is -1.59. The third kappa shape index (κ3) is 2.31. The Labute approximate surface area is 121 Å². The Morgan fingerprint density at radius 1 is 1.14 bits per heavy atom. The summed E-state index contributed by atoms with van der Waals surface area (Å²) in [6.45, 7) is 1.68. The first-order valence-electron chi connectivity index (χ1n) is 6.62. The molecule has 0 bridgehead atoms. The molecule has 0 aliphatic heterocycles. The fourth-order valence-corrected chi connectivity index (χ4v) is 2.44. The molecule has 4 N–H and O–H groups in total. The number of aromatic amines is 1. The Kier molecular flexibility index (Phi) is 3.25. The highest BCUT2D eigenvalue weighted by molar-refractivity contribution is 5.80. The summed E-state index contributed by atoms with van der Waals surface area (Å²) in [4.78, 5) is 7.24. The average molecular weight is 284 g/mol.